The molecule has 0 aliphatic carbocycles. The smallest absolute Gasteiger partial charge is 0.300 e. The second-order valence-electron chi connectivity index (χ2n) is 1.35. The Morgan fingerprint density at radius 2 is 2.29 bits per heavy atom. The van der Waals surface area contributed by atoms with E-state index in [9.17, 15) is 9.59 Å². The molecule has 0 aromatic carbocycles. The third-order valence-corrected chi connectivity index (χ3v) is 0.579. The number of carbonyl (C=O) groups is 1. The molecule has 0 amide bonds. The molecule has 38 valence electrons. The van der Waals surface area contributed by atoms with Crippen LogP contribution in [0.5, 0.6) is 0 Å². The molecule has 2 heteroatoms. The van der Waals surface area contributed by atoms with Crippen LogP contribution in [0.1, 0.15) is 19.8 Å². The SMILES string of the molecule is CC(=O)CC[C+]=O. The highest BCUT2D eigenvalue weighted by atomic mass is 16.1. The molecular formula is C5H7O2+. The molecule has 0 aliphatic heterocycles. The van der Waals surface area contributed by atoms with Crippen LogP contribution in [0, 0.1) is 0 Å². The van der Waals surface area contributed by atoms with E-state index < -0.39 is 0 Å². The Morgan fingerprint density at radius 3 is 2.43 bits per heavy atom. The molecule has 7 heavy (non-hydrogen) atoms. The summed E-state index contributed by atoms with van der Waals surface area (Å²) < 4.78 is 0. The predicted octanol–water partition coefficient (Wildman–Crippen LogP) is 0.465. The molecule has 0 spiro atoms. The van der Waals surface area contributed by atoms with Gasteiger partial charge in [0.2, 0.25) is 6.42 Å². The highest BCUT2D eigenvalue weighted by molar-refractivity contribution is 5.77. The molecule has 0 rings (SSSR count). The number of hydrogen-bond acceptors (Lipinski definition) is 2. The van der Waals surface area contributed by atoms with Gasteiger partial charge < -0.3 is 0 Å². The fourth-order valence-corrected chi connectivity index (χ4v) is 0.227. The third kappa shape index (κ3) is 5.25. The van der Waals surface area contributed by atoms with Gasteiger partial charge in [-0.25, -0.2) is 0 Å². The molecule has 0 unspecified atom stereocenters. The maximum atomic E-state index is 10.0. The highest BCUT2D eigenvalue weighted by Gasteiger charge is 1.99. The van der Waals surface area contributed by atoms with Gasteiger partial charge in [-0.05, 0) is 6.92 Å². The topological polar surface area (TPSA) is 34.1 Å². The van der Waals surface area contributed by atoms with Gasteiger partial charge in [0.15, 0.2) is 0 Å². The molecule has 0 N–H and O–H groups in total. The van der Waals surface area contributed by atoms with Crippen molar-refractivity contribution >= 4 is 12.1 Å². The molecule has 0 saturated carbocycles. The molecule has 0 aromatic rings. The Bertz CT molecular complexity index is 76.1. The van der Waals surface area contributed by atoms with Crippen LogP contribution in [-0.4, -0.2) is 12.1 Å². The molecule has 0 aromatic heterocycles. The minimum atomic E-state index is 0.0448. The van der Waals surface area contributed by atoms with E-state index in [4.69, 9.17) is 0 Å². The van der Waals surface area contributed by atoms with Crippen LogP contribution < -0.4 is 0 Å². The maximum Gasteiger partial charge on any atom is 0.506 e. The van der Waals surface area contributed by atoms with Crippen molar-refractivity contribution < 1.29 is 9.59 Å². The van der Waals surface area contributed by atoms with Gasteiger partial charge in [0, 0.05) is 4.79 Å². The molecule has 0 atom stereocenters. The number of ketones is 1. The standard InChI is InChI=1S/C5H7O2/c1-5(7)3-2-4-6/h2-3H2,1H3/q+1. The van der Waals surface area contributed by atoms with E-state index in [1.165, 1.54) is 6.92 Å². The maximum absolute atomic E-state index is 10.0. The van der Waals surface area contributed by atoms with Gasteiger partial charge in [0.1, 0.15) is 5.78 Å². The fourth-order valence-electron chi connectivity index (χ4n) is 0.227. The summed E-state index contributed by atoms with van der Waals surface area (Å²) in [6.45, 7) is 1.46. The monoisotopic (exact) mass is 99.0 g/mol. The van der Waals surface area contributed by atoms with Gasteiger partial charge in [0.05, 0.1) is 6.42 Å². The summed E-state index contributed by atoms with van der Waals surface area (Å²) >= 11 is 0. The summed E-state index contributed by atoms with van der Waals surface area (Å²) in [5.74, 6) is 0.0448. The summed E-state index contributed by atoms with van der Waals surface area (Å²) in [4.78, 5) is 19.5. The summed E-state index contributed by atoms with van der Waals surface area (Å²) in [5.41, 5.74) is 0. The first-order valence-corrected chi connectivity index (χ1v) is 2.12. The number of hydrogen-bond donors (Lipinski definition) is 0. The van der Waals surface area contributed by atoms with E-state index in [1.807, 2.05) is 0 Å². The van der Waals surface area contributed by atoms with Gasteiger partial charge >= 0.3 is 6.29 Å². The van der Waals surface area contributed by atoms with Crippen LogP contribution in [-0.2, 0) is 9.59 Å². The van der Waals surface area contributed by atoms with Crippen LogP contribution in [0.25, 0.3) is 0 Å². The lowest BCUT2D eigenvalue weighted by atomic mass is 10.3. The lowest BCUT2D eigenvalue weighted by Crippen LogP contribution is -1.88. The van der Waals surface area contributed by atoms with Crippen LogP contribution in [0.4, 0.5) is 0 Å². The average Bonchev–Trinajstić information content (AvgIpc) is 1.61. The molecule has 2 nitrogen and oxygen atoms in total. The van der Waals surface area contributed by atoms with E-state index in [2.05, 4.69) is 0 Å². The van der Waals surface area contributed by atoms with Crippen molar-refractivity contribution in [3.63, 3.8) is 0 Å². The Kier molecular flexibility index (Phi) is 3.07. The minimum Gasteiger partial charge on any atom is -0.300 e. The largest absolute Gasteiger partial charge is 0.506 e. The summed E-state index contributed by atoms with van der Waals surface area (Å²) in [6.07, 6.45) is 2.21. The Balaban J connectivity index is 2.97. The van der Waals surface area contributed by atoms with Crippen LogP contribution >= 0.6 is 0 Å². The molecule has 0 heterocycles. The lowest BCUT2D eigenvalue weighted by Gasteiger charge is -1.72. The highest BCUT2D eigenvalue weighted by Crippen LogP contribution is 1.83. The quantitative estimate of drug-likeness (QED) is 0.482. The molecule has 0 aliphatic rings. The minimum absolute atomic E-state index is 0.0448. The molecule has 0 fully saturated rings. The fraction of sp³-hybridized carbons (Fsp3) is 0.600. The Hall–Kier alpha value is -0.750. The zero-order valence-corrected chi connectivity index (χ0v) is 4.23. The van der Waals surface area contributed by atoms with Crippen molar-refractivity contribution in [1.29, 1.82) is 0 Å². The summed E-state index contributed by atoms with van der Waals surface area (Å²) in [7, 11) is 0. The van der Waals surface area contributed by atoms with Gasteiger partial charge in [-0.2, -0.15) is 0 Å². The second kappa shape index (κ2) is 3.44. The summed E-state index contributed by atoms with van der Waals surface area (Å²) in [6, 6.07) is 0. The van der Waals surface area contributed by atoms with Crippen molar-refractivity contribution in [3.8, 4) is 0 Å². The first-order valence-electron chi connectivity index (χ1n) is 2.12. The second-order valence-corrected chi connectivity index (χ2v) is 1.35. The van der Waals surface area contributed by atoms with Crippen molar-refractivity contribution in [2.45, 2.75) is 19.8 Å². The van der Waals surface area contributed by atoms with E-state index in [1.54, 1.807) is 6.29 Å². The average molecular weight is 99.1 g/mol. The molecular weight excluding hydrogens is 92.1 g/mol. The molecule has 0 radical (unpaired) electrons. The van der Waals surface area contributed by atoms with Gasteiger partial charge in [0.25, 0.3) is 0 Å². The van der Waals surface area contributed by atoms with Crippen molar-refractivity contribution in [1.82, 2.24) is 0 Å². The number of carbonyl (C=O) groups excluding carboxylic acids is 2. The Labute approximate surface area is 42.5 Å². The van der Waals surface area contributed by atoms with Gasteiger partial charge in [-0.3, -0.25) is 4.79 Å². The van der Waals surface area contributed by atoms with Crippen molar-refractivity contribution in [2.24, 2.45) is 0 Å². The van der Waals surface area contributed by atoms with Crippen molar-refractivity contribution in [3.05, 3.63) is 0 Å². The van der Waals surface area contributed by atoms with Gasteiger partial charge in [-0.1, -0.05) is 0 Å². The van der Waals surface area contributed by atoms with Crippen LogP contribution in [0.15, 0.2) is 0 Å². The Morgan fingerprint density at radius 1 is 1.71 bits per heavy atom. The normalized spacial score (nSPS) is 7.57. The third-order valence-electron chi connectivity index (χ3n) is 0.579. The van der Waals surface area contributed by atoms with E-state index in [0.717, 1.165) is 0 Å². The molecule has 0 bridgehead atoms. The van der Waals surface area contributed by atoms with E-state index in [-0.39, 0.29) is 12.2 Å². The summed E-state index contributed by atoms with van der Waals surface area (Å²) in [5, 5.41) is 0. The molecule has 0 saturated heterocycles. The lowest BCUT2D eigenvalue weighted by molar-refractivity contribution is -0.116. The zero-order chi connectivity index (χ0) is 5.70. The number of Topliss-reactive ketones (excluding diaryl/α,β-unsaturated/α-hetero) is 1. The zero-order valence-electron chi connectivity index (χ0n) is 4.23. The first-order chi connectivity index (χ1) is 3.27. The van der Waals surface area contributed by atoms with E-state index in [0.29, 0.717) is 6.42 Å². The predicted molar refractivity (Wildman–Crippen MR) is 25.6 cm³/mol. The van der Waals surface area contributed by atoms with E-state index >= 15 is 0 Å². The van der Waals surface area contributed by atoms with Gasteiger partial charge in [-0.15, -0.1) is 0 Å². The number of rotatable bonds is 3. The van der Waals surface area contributed by atoms with Crippen LogP contribution in [0.2, 0.25) is 0 Å². The van der Waals surface area contributed by atoms with Crippen LogP contribution in [0.3, 0.4) is 0 Å². The first kappa shape index (κ1) is 6.25. The van der Waals surface area contributed by atoms with Crippen molar-refractivity contribution in [2.75, 3.05) is 0 Å².